The minimum absolute atomic E-state index is 0.248. The van der Waals surface area contributed by atoms with E-state index in [-0.39, 0.29) is 6.04 Å². The van der Waals surface area contributed by atoms with Crippen molar-refractivity contribution in [3.8, 4) is 5.75 Å². The minimum atomic E-state index is 0.248. The molecule has 0 saturated carbocycles. The van der Waals surface area contributed by atoms with Gasteiger partial charge < -0.3 is 14.8 Å². The molecule has 94 valence electrons. The topological polar surface area (TPSA) is 30.5 Å². The number of ether oxygens (including phenoxy) is 2. The van der Waals surface area contributed by atoms with Gasteiger partial charge in [-0.1, -0.05) is 26.0 Å². The average Bonchev–Trinajstić information content (AvgIpc) is 2.39. The van der Waals surface area contributed by atoms with E-state index in [4.69, 9.17) is 9.47 Å². The second-order valence-corrected chi connectivity index (χ2v) is 4.74. The van der Waals surface area contributed by atoms with Gasteiger partial charge in [-0.25, -0.2) is 0 Å². The number of rotatable bonds is 3. The number of morpholine rings is 1. The smallest absolute Gasteiger partial charge is 0.123 e. The number of methoxy groups -OCH3 is 1. The van der Waals surface area contributed by atoms with Gasteiger partial charge in [0.15, 0.2) is 0 Å². The van der Waals surface area contributed by atoms with Gasteiger partial charge in [0.05, 0.1) is 26.4 Å². The van der Waals surface area contributed by atoms with E-state index in [2.05, 4.69) is 37.4 Å². The number of benzene rings is 1. The van der Waals surface area contributed by atoms with Crippen molar-refractivity contribution in [2.75, 3.05) is 26.9 Å². The van der Waals surface area contributed by atoms with Crippen LogP contribution in [0.3, 0.4) is 0 Å². The Balaban J connectivity index is 2.30. The van der Waals surface area contributed by atoms with E-state index in [1.54, 1.807) is 7.11 Å². The lowest BCUT2D eigenvalue weighted by molar-refractivity contribution is 0.0760. The Bertz CT molecular complexity index is 370. The van der Waals surface area contributed by atoms with Crippen molar-refractivity contribution in [3.63, 3.8) is 0 Å². The SMILES string of the molecule is COc1ccc(C(C)C)cc1[C@H]1COCCN1. The minimum Gasteiger partial charge on any atom is -0.496 e. The van der Waals surface area contributed by atoms with E-state index in [0.717, 1.165) is 25.5 Å². The molecule has 1 aromatic rings. The van der Waals surface area contributed by atoms with Crippen LogP contribution in [0.25, 0.3) is 0 Å². The van der Waals surface area contributed by atoms with Gasteiger partial charge in [-0.3, -0.25) is 0 Å². The van der Waals surface area contributed by atoms with Crippen LogP contribution in [-0.4, -0.2) is 26.9 Å². The largest absolute Gasteiger partial charge is 0.496 e. The molecule has 0 unspecified atom stereocenters. The molecule has 1 heterocycles. The highest BCUT2D eigenvalue weighted by molar-refractivity contribution is 5.40. The summed E-state index contributed by atoms with van der Waals surface area (Å²) in [5.74, 6) is 1.47. The molecule has 0 bridgehead atoms. The maximum Gasteiger partial charge on any atom is 0.123 e. The third-order valence-corrected chi connectivity index (χ3v) is 3.22. The van der Waals surface area contributed by atoms with Crippen LogP contribution < -0.4 is 10.1 Å². The monoisotopic (exact) mass is 235 g/mol. The Kier molecular flexibility index (Phi) is 4.02. The first-order chi connectivity index (χ1) is 8.22. The van der Waals surface area contributed by atoms with Crippen LogP contribution in [-0.2, 0) is 4.74 Å². The van der Waals surface area contributed by atoms with E-state index in [1.807, 2.05) is 0 Å². The van der Waals surface area contributed by atoms with Crippen molar-refractivity contribution in [1.82, 2.24) is 5.32 Å². The van der Waals surface area contributed by atoms with Crippen molar-refractivity contribution in [2.45, 2.75) is 25.8 Å². The van der Waals surface area contributed by atoms with Gasteiger partial charge in [-0.15, -0.1) is 0 Å². The normalized spacial score (nSPS) is 20.6. The highest BCUT2D eigenvalue weighted by atomic mass is 16.5. The van der Waals surface area contributed by atoms with Crippen LogP contribution in [0.1, 0.15) is 36.9 Å². The Morgan fingerprint density at radius 2 is 2.24 bits per heavy atom. The van der Waals surface area contributed by atoms with Crippen LogP contribution in [0.4, 0.5) is 0 Å². The summed E-state index contributed by atoms with van der Waals surface area (Å²) in [6, 6.07) is 6.67. The quantitative estimate of drug-likeness (QED) is 0.873. The maximum atomic E-state index is 5.52. The molecule has 0 aromatic heterocycles. The number of hydrogen-bond donors (Lipinski definition) is 1. The highest BCUT2D eigenvalue weighted by Gasteiger charge is 2.19. The molecule has 0 aliphatic carbocycles. The van der Waals surface area contributed by atoms with Gasteiger partial charge in [0.25, 0.3) is 0 Å². The van der Waals surface area contributed by atoms with E-state index in [1.165, 1.54) is 11.1 Å². The van der Waals surface area contributed by atoms with Crippen molar-refractivity contribution < 1.29 is 9.47 Å². The summed E-state index contributed by atoms with van der Waals surface area (Å²) in [4.78, 5) is 0. The molecular weight excluding hydrogens is 214 g/mol. The summed E-state index contributed by atoms with van der Waals surface area (Å²) in [6.07, 6.45) is 0. The Morgan fingerprint density at radius 3 is 2.82 bits per heavy atom. The predicted octanol–water partition coefficient (Wildman–Crippen LogP) is 2.48. The molecule has 1 aliphatic rings. The molecule has 0 spiro atoms. The van der Waals surface area contributed by atoms with Crippen LogP contribution >= 0.6 is 0 Å². The molecule has 1 aromatic carbocycles. The lowest BCUT2D eigenvalue weighted by Crippen LogP contribution is -2.34. The predicted molar refractivity (Wildman–Crippen MR) is 68.6 cm³/mol. The summed E-state index contributed by atoms with van der Waals surface area (Å²) in [7, 11) is 1.72. The van der Waals surface area contributed by atoms with Crippen molar-refractivity contribution in [3.05, 3.63) is 29.3 Å². The highest BCUT2D eigenvalue weighted by Crippen LogP contribution is 2.30. The Morgan fingerprint density at radius 1 is 1.41 bits per heavy atom. The zero-order valence-corrected chi connectivity index (χ0v) is 10.8. The first-order valence-corrected chi connectivity index (χ1v) is 6.21. The summed E-state index contributed by atoms with van der Waals surface area (Å²) >= 11 is 0. The van der Waals surface area contributed by atoms with E-state index in [9.17, 15) is 0 Å². The summed E-state index contributed by atoms with van der Waals surface area (Å²) in [5, 5.41) is 3.47. The number of hydrogen-bond acceptors (Lipinski definition) is 3. The molecule has 3 heteroatoms. The zero-order chi connectivity index (χ0) is 12.3. The number of nitrogens with one attached hydrogen (secondary N) is 1. The fourth-order valence-corrected chi connectivity index (χ4v) is 2.15. The zero-order valence-electron chi connectivity index (χ0n) is 10.8. The van der Waals surface area contributed by atoms with E-state index >= 15 is 0 Å². The Labute approximate surface area is 103 Å². The van der Waals surface area contributed by atoms with Gasteiger partial charge >= 0.3 is 0 Å². The van der Waals surface area contributed by atoms with Crippen LogP contribution in [0.5, 0.6) is 5.75 Å². The van der Waals surface area contributed by atoms with Gasteiger partial charge in [0.2, 0.25) is 0 Å². The molecule has 17 heavy (non-hydrogen) atoms. The first kappa shape index (κ1) is 12.4. The van der Waals surface area contributed by atoms with E-state index in [0.29, 0.717) is 5.92 Å². The second-order valence-electron chi connectivity index (χ2n) is 4.74. The molecule has 1 aliphatic heterocycles. The van der Waals surface area contributed by atoms with Crippen LogP contribution in [0.2, 0.25) is 0 Å². The molecule has 1 saturated heterocycles. The standard InChI is InChI=1S/C14H21NO2/c1-10(2)11-4-5-14(16-3)12(8-11)13-9-17-7-6-15-13/h4-5,8,10,13,15H,6-7,9H2,1-3H3/t13-/m1/s1. The third-order valence-electron chi connectivity index (χ3n) is 3.22. The van der Waals surface area contributed by atoms with Crippen molar-refractivity contribution in [2.24, 2.45) is 0 Å². The van der Waals surface area contributed by atoms with Gasteiger partial charge in [0, 0.05) is 12.1 Å². The van der Waals surface area contributed by atoms with Crippen molar-refractivity contribution >= 4 is 0 Å². The maximum absolute atomic E-state index is 5.52. The molecule has 0 amide bonds. The fourth-order valence-electron chi connectivity index (χ4n) is 2.15. The van der Waals surface area contributed by atoms with Gasteiger partial charge in [0.1, 0.15) is 5.75 Å². The summed E-state index contributed by atoms with van der Waals surface area (Å²) < 4.78 is 11.0. The third kappa shape index (κ3) is 2.79. The van der Waals surface area contributed by atoms with E-state index < -0.39 is 0 Å². The molecule has 1 N–H and O–H groups in total. The lowest BCUT2D eigenvalue weighted by Gasteiger charge is -2.26. The lowest BCUT2D eigenvalue weighted by atomic mass is 9.96. The average molecular weight is 235 g/mol. The second kappa shape index (κ2) is 5.52. The van der Waals surface area contributed by atoms with Crippen molar-refractivity contribution in [1.29, 1.82) is 0 Å². The molecule has 1 atom stereocenters. The molecule has 1 fully saturated rings. The Hall–Kier alpha value is -1.06. The fraction of sp³-hybridized carbons (Fsp3) is 0.571. The summed E-state index contributed by atoms with van der Waals surface area (Å²) in [6.45, 7) is 6.83. The molecular formula is C14H21NO2. The summed E-state index contributed by atoms with van der Waals surface area (Å²) in [5.41, 5.74) is 2.55. The van der Waals surface area contributed by atoms with Crippen LogP contribution in [0, 0.1) is 0 Å². The van der Waals surface area contributed by atoms with Gasteiger partial charge in [-0.05, 0) is 17.5 Å². The van der Waals surface area contributed by atoms with Gasteiger partial charge in [-0.2, -0.15) is 0 Å². The van der Waals surface area contributed by atoms with Crippen LogP contribution in [0.15, 0.2) is 18.2 Å². The molecule has 0 radical (unpaired) electrons. The first-order valence-electron chi connectivity index (χ1n) is 6.21. The molecule has 3 nitrogen and oxygen atoms in total. The molecule has 2 rings (SSSR count).